The highest BCUT2D eigenvalue weighted by molar-refractivity contribution is 5.74. The maximum Gasteiger partial charge on any atom is 0.320 e. The minimum absolute atomic E-state index is 0.0895. The Morgan fingerprint density at radius 3 is 2.36 bits per heavy atom. The molecule has 180 valence electrons. The smallest absolute Gasteiger partial charge is 0.320 e. The van der Waals surface area contributed by atoms with Crippen molar-refractivity contribution in [2.45, 2.75) is 76.8 Å². The highest BCUT2D eigenvalue weighted by Crippen LogP contribution is 2.61. The molecule has 4 aliphatic carbocycles. The van der Waals surface area contributed by atoms with Gasteiger partial charge in [-0.1, -0.05) is 0 Å². The summed E-state index contributed by atoms with van der Waals surface area (Å²) >= 11 is 0. The number of nitrogens with zero attached hydrogens (tertiary/aromatic N) is 3. The third kappa shape index (κ3) is 3.84. The average Bonchev–Trinajstić information content (AvgIpc) is 3.17. The summed E-state index contributed by atoms with van der Waals surface area (Å²) in [5.41, 5.74) is 6.65. The van der Waals surface area contributed by atoms with Crippen molar-refractivity contribution in [1.82, 2.24) is 15.3 Å². The molecule has 2 atom stereocenters. The molecule has 1 aromatic heterocycles. The molecule has 1 spiro atoms. The fourth-order valence-electron chi connectivity index (χ4n) is 8.45. The van der Waals surface area contributed by atoms with E-state index in [0.29, 0.717) is 17.4 Å². The first-order valence-electron chi connectivity index (χ1n) is 12.9. The van der Waals surface area contributed by atoms with Crippen LogP contribution >= 0.6 is 0 Å². The topological polar surface area (TPSA) is 116 Å². The molecule has 2 saturated heterocycles. The van der Waals surface area contributed by atoms with E-state index in [2.05, 4.69) is 38.5 Å². The first kappa shape index (κ1) is 21.4. The van der Waals surface area contributed by atoms with Crippen LogP contribution in [0.2, 0.25) is 0 Å². The Balaban J connectivity index is 1.13. The molecule has 7 rings (SSSR count). The number of rotatable bonds is 5. The number of nitrogens with two attached hydrogens (primary N) is 1. The summed E-state index contributed by atoms with van der Waals surface area (Å²) in [4.78, 5) is 22.8. The molecule has 6 aliphatic rings. The minimum atomic E-state index is -0.735. The summed E-state index contributed by atoms with van der Waals surface area (Å²) in [6, 6.07) is 2.04. The van der Waals surface area contributed by atoms with Crippen LogP contribution in [-0.2, 0) is 4.79 Å². The van der Waals surface area contributed by atoms with E-state index >= 15 is 0 Å². The Bertz CT molecular complexity index is 892. The fraction of sp³-hybridized carbons (Fsp3) is 0.800. The summed E-state index contributed by atoms with van der Waals surface area (Å²) in [5.74, 6) is 4.10. The van der Waals surface area contributed by atoms with Gasteiger partial charge in [0.05, 0.1) is 0 Å². The molecule has 2 aliphatic heterocycles. The van der Waals surface area contributed by atoms with Gasteiger partial charge in [0.15, 0.2) is 0 Å². The Kier molecular flexibility index (Phi) is 5.02. The van der Waals surface area contributed by atoms with Crippen LogP contribution in [-0.4, -0.2) is 52.8 Å². The van der Waals surface area contributed by atoms with Crippen LogP contribution in [0.3, 0.4) is 0 Å². The normalized spacial score (nSPS) is 37.4. The van der Waals surface area contributed by atoms with Crippen LogP contribution in [0.1, 0.15) is 64.7 Å². The van der Waals surface area contributed by atoms with Gasteiger partial charge in [-0.25, -0.2) is 0 Å². The Morgan fingerprint density at radius 1 is 1.15 bits per heavy atom. The molecule has 33 heavy (non-hydrogen) atoms. The second-order valence-electron chi connectivity index (χ2n) is 12.1. The fourth-order valence-corrected chi connectivity index (χ4v) is 8.45. The largest absolute Gasteiger partial charge is 0.480 e. The van der Waals surface area contributed by atoms with Gasteiger partial charge in [-0.3, -0.25) is 4.79 Å². The molecule has 8 nitrogen and oxygen atoms in total. The van der Waals surface area contributed by atoms with E-state index in [9.17, 15) is 9.90 Å². The van der Waals surface area contributed by atoms with Gasteiger partial charge in [0.25, 0.3) is 0 Å². The third-order valence-electron chi connectivity index (χ3n) is 9.91. The first-order chi connectivity index (χ1) is 15.8. The van der Waals surface area contributed by atoms with Gasteiger partial charge in [0.1, 0.15) is 17.7 Å². The van der Waals surface area contributed by atoms with Crippen molar-refractivity contribution in [3.8, 4) is 0 Å². The number of anilines is 3. The van der Waals surface area contributed by atoms with Gasteiger partial charge < -0.3 is 26.4 Å². The minimum Gasteiger partial charge on any atom is -0.480 e. The van der Waals surface area contributed by atoms with Crippen LogP contribution < -0.4 is 21.3 Å². The molecule has 3 heterocycles. The van der Waals surface area contributed by atoms with E-state index in [1.54, 1.807) is 0 Å². The SMILES string of the molecule is C[C@H](Nc1cc(N2CCC3(CC2)CNC(C(=O)O)C3)nc(N)n1)C12CC3CC(CC(C3)C1)C2. The lowest BCUT2D eigenvalue weighted by Gasteiger charge is -2.59. The lowest BCUT2D eigenvalue weighted by Crippen LogP contribution is -2.53. The van der Waals surface area contributed by atoms with Crippen molar-refractivity contribution in [3.05, 3.63) is 6.07 Å². The summed E-state index contributed by atoms with van der Waals surface area (Å²) < 4.78 is 0. The summed E-state index contributed by atoms with van der Waals surface area (Å²) in [7, 11) is 0. The molecule has 1 unspecified atom stereocenters. The molecule has 0 amide bonds. The Labute approximate surface area is 196 Å². The summed E-state index contributed by atoms with van der Waals surface area (Å²) in [5, 5.41) is 16.3. The van der Waals surface area contributed by atoms with Crippen molar-refractivity contribution >= 4 is 23.6 Å². The monoisotopic (exact) mass is 454 g/mol. The highest BCUT2D eigenvalue weighted by Gasteiger charge is 2.53. The number of hydrogen-bond acceptors (Lipinski definition) is 7. The standard InChI is InChI=1S/C25H38N6O2/c1-15(25-10-16-6-17(11-25)8-18(7-16)12-25)28-20-9-21(30-23(26)29-20)31-4-2-24(3-5-31)13-19(22(32)33)27-14-24/h9,15-19,27H,2-8,10-14H2,1H3,(H,32,33)(H3,26,28,29,30)/t15-,16?,17?,18?,19?,25?/m0/s1. The highest BCUT2D eigenvalue weighted by atomic mass is 16.4. The second-order valence-corrected chi connectivity index (χ2v) is 12.1. The van der Waals surface area contributed by atoms with Crippen LogP contribution in [0, 0.1) is 28.6 Å². The van der Waals surface area contributed by atoms with Crippen LogP contribution in [0.5, 0.6) is 0 Å². The number of nitrogen functional groups attached to an aromatic ring is 1. The lowest BCUT2D eigenvalue weighted by molar-refractivity contribution is -0.139. The van der Waals surface area contributed by atoms with Gasteiger partial charge in [-0.05, 0) is 93.3 Å². The molecule has 6 fully saturated rings. The van der Waals surface area contributed by atoms with E-state index in [0.717, 1.165) is 68.3 Å². The van der Waals surface area contributed by atoms with Crippen molar-refractivity contribution in [2.24, 2.45) is 28.6 Å². The van der Waals surface area contributed by atoms with E-state index in [-0.39, 0.29) is 5.41 Å². The number of carboxylic acid groups (broad SMARTS) is 1. The van der Waals surface area contributed by atoms with Gasteiger partial charge in [0, 0.05) is 31.7 Å². The number of carbonyl (C=O) groups is 1. The van der Waals surface area contributed by atoms with Gasteiger partial charge in [0.2, 0.25) is 5.95 Å². The second kappa shape index (κ2) is 7.72. The molecule has 4 saturated carbocycles. The van der Waals surface area contributed by atoms with E-state index < -0.39 is 12.0 Å². The average molecular weight is 455 g/mol. The molecule has 8 heteroatoms. The Hall–Kier alpha value is -2.09. The number of hydrogen-bond donors (Lipinski definition) is 4. The predicted octanol–water partition coefficient (Wildman–Crippen LogP) is 3.11. The van der Waals surface area contributed by atoms with Gasteiger partial charge >= 0.3 is 5.97 Å². The molecule has 1 aromatic rings. The molecular weight excluding hydrogens is 416 g/mol. The van der Waals surface area contributed by atoms with E-state index in [1.165, 1.54) is 38.5 Å². The Morgan fingerprint density at radius 2 is 1.79 bits per heavy atom. The van der Waals surface area contributed by atoms with Crippen LogP contribution in [0.4, 0.5) is 17.6 Å². The molecule has 0 radical (unpaired) electrons. The number of nitrogens with one attached hydrogen (secondary N) is 2. The van der Waals surface area contributed by atoms with Crippen molar-refractivity contribution in [3.63, 3.8) is 0 Å². The van der Waals surface area contributed by atoms with Gasteiger partial charge in [-0.2, -0.15) is 9.97 Å². The first-order valence-corrected chi connectivity index (χ1v) is 12.9. The predicted molar refractivity (Wildman–Crippen MR) is 128 cm³/mol. The zero-order chi connectivity index (χ0) is 22.8. The summed E-state index contributed by atoms with van der Waals surface area (Å²) in [6.07, 6.45) is 11.1. The van der Waals surface area contributed by atoms with E-state index in [1.807, 2.05) is 0 Å². The zero-order valence-corrected chi connectivity index (χ0v) is 19.7. The van der Waals surface area contributed by atoms with Crippen molar-refractivity contribution in [1.29, 1.82) is 0 Å². The number of aromatic nitrogens is 2. The van der Waals surface area contributed by atoms with Crippen molar-refractivity contribution < 1.29 is 9.90 Å². The van der Waals surface area contributed by atoms with E-state index in [4.69, 9.17) is 5.73 Å². The summed E-state index contributed by atoms with van der Waals surface area (Å²) in [6.45, 7) is 4.88. The van der Waals surface area contributed by atoms with Crippen LogP contribution in [0.15, 0.2) is 6.07 Å². The number of aliphatic carboxylic acids is 1. The zero-order valence-electron chi connectivity index (χ0n) is 19.7. The molecule has 5 N–H and O–H groups in total. The van der Waals surface area contributed by atoms with Crippen LogP contribution in [0.25, 0.3) is 0 Å². The molecule has 4 bridgehead atoms. The quantitative estimate of drug-likeness (QED) is 0.536. The van der Waals surface area contributed by atoms with Gasteiger partial charge in [-0.15, -0.1) is 0 Å². The number of piperidine rings is 1. The third-order valence-corrected chi connectivity index (χ3v) is 9.91. The maximum absolute atomic E-state index is 11.4. The maximum atomic E-state index is 11.4. The number of carboxylic acids is 1. The van der Waals surface area contributed by atoms with Crippen molar-refractivity contribution in [2.75, 3.05) is 35.6 Å². The molecular formula is C25H38N6O2. The lowest BCUT2D eigenvalue weighted by atomic mass is 9.48. The molecule has 0 aromatic carbocycles.